The van der Waals surface area contributed by atoms with Crippen LogP contribution < -0.4 is 4.74 Å². The van der Waals surface area contributed by atoms with E-state index < -0.39 is 18.2 Å². The minimum atomic E-state index is -0.689. The fourth-order valence-electron chi connectivity index (χ4n) is 4.19. The Morgan fingerprint density at radius 3 is 2.53 bits per heavy atom. The van der Waals surface area contributed by atoms with E-state index in [2.05, 4.69) is 32.9 Å². The van der Waals surface area contributed by atoms with Crippen LogP contribution in [0.1, 0.15) is 61.3 Å². The largest absolute Gasteiger partial charge is 0.489 e. The lowest BCUT2D eigenvalue weighted by atomic mass is 9.83. The molecule has 3 atom stereocenters. The molecule has 0 aliphatic carbocycles. The quantitative estimate of drug-likeness (QED) is 0.643. The number of ether oxygens (including phenoxy) is 2. The van der Waals surface area contributed by atoms with E-state index >= 15 is 0 Å². The van der Waals surface area contributed by atoms with Gasteiger partial charge in [-0.15, -0.1) is 0 Å². The van der Waals surface area contributed by atoms with Gasteiger partial charge in [0, 0.05) is 17.9 Å². The van der Waals surface area contributed by atoms with E-state index in [-0.39, 0.29) is 24.8 Å². The topological polar surface area (TPSA) is 55.8 Å². The fraction of sp³-hybridized carbons (Fsp3) is 0.480. The molecule has 0 spiro atoms. The summed E-state index contributed by atoms with van der Waals surface area (Å²) in [5.74, 6) is 0.609. The molecule has 4 nitrogen and oxygen atoms in total. The van der Waals surface area contributed by atoms with Gasteiger partial charge < -0.3 is 14.6 Å². The maximum absolute atomic E-state index is 13.5. The number of benzene rings is 2. The third-order valence-corrected chi connectivity index (χ3v) is 5.45. The van der Waals surface area contributed by atoms with Gasteiger partial charge in [-0.25, -0.2) is 4.39 Å². The van der Waals surface area contributed by atoms with E-state index in [1.54, 1.807) is 0 Å². The van der Waals surface area contributed by atoms with E-state index in [1.807, 2.05) is 19.1 Å². The molecule has 162 valence electrons. The van der Waals surface area contributed by atoms with Gasteiger partial charge in [0.15, 0.2) is 0 Å². The van der Waals surface area contributed by atoms with Crippen LogP contribution in [0.15, 0.2) is 36.4 Å². The summed E-state index contributed by atoms with van der Waals surface area (Å²) in [5.41, 5.74) is 4.23. The minimum absolute atomic E-state index is 0.0341. The molecule has 1 aliphatic rings. The van der Waals surface area contributed by atoms with Gasteiger partial charge in [0.25, 0.3) is 0 Å². The molecule has 3 rings (SSSR count). The molecule has 5 heteroatoms. The van der Waals surface area contributed by atoms with Crippen LogP contribution in [0.5, 0.6) is 5.75 Å². The second-order valence-corrected chi connectivity index (χ2v) is 8.75. The summed E-state index contributed by atoms with van der Waals surface area (Å²) in [5, 5.41) is 9.86. The zero-order chi connectivity index (χ0) is 21.8. The first-order valence-corrected chi connectivity index (χ1v) is 10.6. The summed E-state index contributed by atoms with van der Waals surface area (Å²) in [6.45, 7) is 8.59. The first-order chi connectivity index (χ1) is 14.2. The van der Waals surface area contributed by atoms with E-state index in [4.69, 9.17) is 9.47 Å². The van der Waals surface area contributed by atoms with Crippen LogP contribution in [0.2, 0.25) is 0 Å². The Kier molecular flexibility index (Phi) is 7.14. The van der Waals surface area contributed by atoms with Gasteiger partial charge in [0.05, 0.1) is 12.5 Å². The highest BCUT2D eigenvalue weighted by molar-refractivity contribution is 5.71. The van der Waals surface area contributed by atoms with Gasteiger partial charge >= 0.3 is 5.97 Å². The number of halogens is 1. The number of rotatable bonds is 7. The van der Waals surface area contributed by atoms with Crippen molar-refractivity contribution >= 4 is 5.97 Å². The van der Waals surface area contributed by atoms with Crippen molar-refractivity contribution in [1.82, 2.24) is 0 Å². The molecular formula is C25H31FO4. The molecule has 2 aromatic carbocycles. The normalized spacial score (nSPS) is 20.2. The maximum atomic E-state index is 13.5. The summed E-state index contributed by atoms with van der Waals surface area (Å²) >= 11 is 0. The number of carbonyl (C=O) groups is 1. The van der Waals surface area contributed by atoms with Crippen LogP contribution in [-0.2, 0) is 9.53 Å². The molecule has 0 amide bonds. The molecule has 0 aromatic heterocycles. The highest BCUT2D eigenvalue weighted by Crippen LogP contribution is 2.39. The molecule has 3 unspecified atom stereocenters. The van der Waals surface area contributed by atoms with Gasteiger partial charge in [-0.2, -0.15) is 0 Å². The second-order valence-electron chi connectivity index (χ2n) is 8.75. The van der Waals surface area contributed by atoms with Crippen LogP contribution >= 0.6 is 0 Å². The molecule has 1 saturated heterocycles. The third kappa shape index (κ3) is 5.60. The van der Waals surface area contributed by atoms with Crippen molar-refractivity contribution < 1.29 is 23.8 Å². The number of hydrogen-bond acceptors (Lipinski definition) is 4. The molecule has 30 heavy (non-hydrogen) atoms. The van der Waals surface area contributed by atoms with Crippen molar-refractivity contribution in [3.63, 3.8) is 0 Å². The van der Waals surface area contributed by atoms with E-state index in [0.717, 1.165) is 34.4 Å². The van der Waals surface area contributed by atoms with Crippen LogP contribution in [0.4, 0.5) is 4.39 Å². The number of hydrogen-bond donors (Lipinski definition) is 1. The van der Waals surface area contributed by atoms with Gasteiger partial charge in [-0.3, -0.25) is 4.79 Å². The van der Waals surface area contributed by atoms with Gasteiger partial charge in [-0.1, -0.05) is 43.7 Å². The lowest BCUT2D eigenvalue weighted by Crippen LogP contribution is -2.36. The average Bonchev–Trinajstić information content (AvgIpc) is 2.65. The van der Waals surface area contributed by atoms with E-state index in [0.29, 0.717) is 12.3 Å². The Morgan fingerprint density at radius 1 is 1.20 bits per heavy atom. The Hall–Kier alpha value is -2.40. The zero-order valence-corrected chi connectivity index (χ0v) is 18.2. The van der Waals surface area contributed by atoms with Gasteiger partial charge in [0.2, 0.25) is 0 Å². The maximum Gasteiger partial charge on any atom is 0.308 e. The Bertz CT molecular complexity index is 875. The van der Waals surface area contributed by atoms with Crippen molar-refractivity contribution in [2.24, 2.45) is 5.92 Å². The number of aliphatic hydroxyl groups excluding tert-OH is 1. The molecule has 2 aromatic rings. The first-order valence-electron chi connectivity index (χ1n) is 10.6. The number of aliphatic hydroxyl groups is 1. The standard InChI is InChI=1S/C25H31FO4/c1-15(2)9-22(18-5-7-19(26)8-6-18)23-11-16(3)10-17(4)25(23)29-14-21-12-20(27)13-24(28)30-21/h5-8,10-11,15,20-22,27H,9,12-14H2,1-4H3. The van der Waals surface area contributed by atoms with Gasteiger partial charge in [0.1, 0.15) is 24.3 Å². The summed E-state index contributed by atoms with van der Waals surface area (Å²) in [4.78, 5) is 11.6. The van der Waals surface area contributed by atoms with Crippen molar-refractivity contribution in [1.29, 1.82) is 0 Å². The van der Waals surface area contributed by atoms with Crippen molar-refractivity contribution in [3.05, 3.63) is 64.5 Å². The molecule has 1 heterocycles. The smallest absolute Gasteiger partial charge is 0.308 e. The Labute approximate surface area is 178 Å². The Balaban J connectivity index is 1.93. The molecule has 0 radical (unpaired) electrons. The predicted octanol–water partition coefficient (Wildman–Crippen LogP) is 5.07. The molecule has 1 fully saturated rings. The molecular weight excluding hydrogens is 383 g/mol. The van der Waals surface area contributed by atoms with Crippen molar-refractivity contribution in [2.75, 3.05) is 6.61 Å². The second kappa shape index (κ2) is 9.61. The third-order valence-electron chi connectivity index (χ3n) is 5.45. The SMILES string of the molecule is Cc1cc(C)c(OCC2CC(O)CC(=O)O2)c(C(CC(C)C)c2ccc(F)cc2)c1. The lowest BCUT2D eigenvalue weighted by molar-refractivity contribution is -0.162. The number of aryl methyl sites for hydroxylation is 2. The Morgan fingerprint density at radius 2 is 1.90 bits per heavy atom. The average molecular weight is 415 g/mol. The summed E-state index contributed by atoms with van der Waals surface area (Å²) in [6, 6.07) is 10.9. The minimum Gasteiger partial charge on any atom is -0.489 e. The number of cyclic esters (lactones) is 1. The van der Waals surface area contributed by atoms with Crippen LogP contribution in [0.25, 0.3) is 0 Å². The summed E-state index contributed by atoms with van der Waals surface area (Å²) in [7, 11) is 0. The fourth-order valence-corrected chi connectivity index (χ4v) is 4.19. The lowest BCUT2D eigenvalue weighted by Gasteiger charge is -2.28. The molecule has 0 bridgehead atoms. The van der Waals surface area contributed by atoms with E-state index in [1.165, 1.54) is 12.1 Å². The highest BCUT2D eigenvalue weighted by Gasteiger charge is 2.29. The molecule has 1 N–H and O–H groups in total. The number of carbonyl (C=O) groups excluding carboxylic acids is 1. The monoisotopic (exact) mass is 414 g/mol. The zero-order valence-electron chi connectivity index (χ0n) is 18.2. The van der Waals surface area contributed by atoms with Crippen LogP contribution in [-0.4, -0.2) is 29.9 Å². The highest BCUT2D eigenvalue weighted by atomic mass is 19.1. The van der Waals surface area contributed by atoms with E-state index in [9.17, 15) is 14.3 Å². The predicted molar refractivity (Wildman–Crippen MR) is 114 cm³/mol. The summed E-state index contributed by atoms with van der Waals surface area (Å²) in [6.07, 6.45) is 0.142. The molecule has 0 saturated carbocycles. The van der Waals surface area contributed by atoms with Crippen LogP contribution in [0.3, 0.4) is 0 Å². The van der Waals surface area contributed by atoms with Crippen molar-refractivity contribution in [2.45, 2.75) is 65.1 Å². The molecule has 1 aliphatic heterocycles. The van der Waals surface area contributed by atoms with Crippen LogP contribution in [0, 0.1) is 25.6 Å². The van der Waals surface area contributed by atoms with Crippen molar-refractivity contribution in [3.8, 4) is 5.75 Å². The summed E-state index contributed by atoms with van der Waals surface area (Å²) < 4.78 is 25.1. The first kappa shape index (κ1) is 22.3. The number of esters is 1. The van der Waals surface area contributed by atoms with Gasteiger partial charge in [-0.05, 0) is 49.4 Å².